The van der Waals surface area contributed by atoms with Gasteiger partial charge in [-0.2, -0.15) is 0 Å². The van der Waals surface area contributed by atoms with Crippen LogP contribution in [0.5, 0.6) is 0 Å². The second-order valence-corrected chi connectivity index (χ2v) is 7.67. The van der Waals surface area contributed by atoms with Crippen molar-refractivity contribution in [2.24, 2.45) is 0 Å². The summed E-state index contributed by atoms with van der Waals surface area (Å²) in [7, 11) is 1.65. The number of ether oxygens (including phenoxy) is 1. The molecule has 6 nitrogen and oxygen atoms in total. The lowest BCUT2D eigenvalue weighted by atomic mass is 9.98. The third kappa shape index (κ3) is 6.30. The number of nitrogens with zero attached hydrogens (tertiary/aromatic N) is 2. The first-order valence-electron chi connectivity index (χ1n) is 10.8. The molecule has 1 aliphatic rings. The summed E-state index contributed by atoms with van der Waals surface area (Å²) in [6, 6.07) is 1.96. The number of hydrogen-bond acceptors (Lipinski definition) is 4. The van der Waals surface area contributed by atoms with Crippen LogP contribution < -0.4 is 5.32 Å². The number of allylic oxidation sites excluding steroid dienone is 5. The molecule has 0 saturated heterocycles. The molecule has 1 aliphatic heterocycles. The Bertz CT molecular complexity index is 986. The second-order valence-electron chi connectivity index (χ2n) is 7.67. The summed E-state index contributed by atoms with van der Waals surface area (Å²) < 4.78 is 5.51. The predicted octanol–water partition coefficient (Wildman–Crippen LogP) is 4.56. The van der Waals surface area contributed by atoms with E-state index in [1.165, 1.54) is 6.08 Å². The van der Waals surface area contributed by atoms with Crippen LogP contribution in [0.1, 0.15) is 44.5 Å². The molecule has 1 atom stereocenters. The summed E-state index contributed by atoms with van der Waals surface area (Å²) in [5, 5.41) is 11.6. The first-order chi connectivity index (χ1) is 15.3. The molecule has 0 aromatic carbocycles. The normalized spacial score (nSPS) is 15.9. The summed E-state index contributed by atoms with van der Waals surface area (Å²) in [4.78, 5) is 18.5. The summed E-state index contributed by atoms with van der Waals surface area (Å²) in [5.74, 6) is 1.09. The van der Waals surface area contributed by atoms with E-state index in [2.05, 4.69) is 22.9 Å². The van der Waals surface area contributed by atoms with E-state index in [0.29, 0.717) is 12.4 Å². The molecule has 0 spiro atoms. The minimum atomic E-state index is -0.163. The molecule has 0 aliphatic carbocycles. The minimum absolute atomic E-state index is 0.138. The maximum absolute atomic E-state index is 11.7. The Morgan fingerprint density at radius 1 is 1.41 bits per heavy atom. The number of hydrogen-bond donors (Lipinski definition) is 2. The van der Waals surface area contributed by atoms with Gasteiger partial charge in [-0.15, -0.1) is 0 Å². The number of aromatic nitrogens is 1. The number of pyridine rings is 1. The number of carbonyl (C=O) groups excluding carboxylic acids is 1. The molecule has 170 valence electrons. The quantitative estimate of drug-likeness (QED) is 0.207. The van der Waals surface area contributed by atoms with Crippen molar-refractivity contribution in [2.45, 2.75) is 46.7 Å². The number of nitrogens with one attached hydrogen (secondary N) is 2. The molecule has 1 aromatic heterocycles. The van der Waals surface area contributed by atoms with Crippen LogP contribution in [0.3, 0.4) is 0 Å². The van der Waals surface area contributed by atoms with Crippen molar-refractivity contribution >= 4 is 17.3 Å². The standard InChI is InChI=1S/C26H34N4O2/c1-7-10-22(24(9-3)32-6)20-15-21-17-30(13-12-23(21)28-16-20)26(27)18(4)14-19(5)29-25(31)11-8-2/h7-11,14-16,19,27H,1,12-13,17H2,2-6H3,(H,29,31)/b11-8-,18-14-,22-10-,24-9+,27-26?. The van der Waals surface area contributed by atoms with Gasteiger partial charge in [-0.05, 0) is 57.0 Å². The third-order valence-corrected chi connectivity index (χ3v) is 5.26. The zero-order valence-corrected chi connectivity index (χ0v) is 19.7. The first kappa shape index (κ1) is 24.9. The highest BCUT2D eigenvalue weighted by molar-refractivity contribution is 5.95. The SMILES string of the molecule is C=C/C=C(\C(=C/C)OC)c1cnc2c(c1)CN(C(=N)/C(C)=C\C(C)NC(=O)/C=C\C)CC2. The maximum Gasteiger partial charge on any atom is 0.244 e. The van der Waals surface area contributed by atoms with Crippen molar-refractivity contribution in [2.75, 3.05) is 13.7 Å². The lowest BCUT2D eigenvalue weighted by Gasteiger charge is -2.31. The smallest absolute Gasteiger partial charge is 0.244 e. The summed E-state index contributed by atoms with van der Waals surface area (Å²) in [6.07, 6.45) is 13.3. The highest BCUT2D eigenvalue weighted by Gasteiger charge is 2.22. The molecule has 0 saturated carbocycles. The molecule has 2 heterocycles. The fraction of sp³-hybridized carbons (Fsp3) is 0.346. The largest absolute Gasteiger partial charge is 0.496 e. The van der Waals surface area contributed by atoms with Crippen LogP contribution in [0.4, 0.5) is 0 Å². The molecule has 1 amide bonds. The van der Waals surface area contributed by atoms with E-state index < -0.39 is 0 Å². The third-order valence-electron chi connectivity index (χ3n) is 5.26. The number of methoxy groups -OCH3 is 1. The zero-order valence-electron chi connectivity index (χ0n) is 19.7. The number of amidine groups is 1. The van der Waals surface area contributed by atoms with Gasteiger partial charge in [0.05, 0.1) is 7.11 Å². The van der Waals surface area contributed by atoms with Crippen LogP contribution in [0, 0.1) is 5.41 Å². The number of rotatable bonds is 8. The van der Waals surface area contributed by atoms with Crippen molar-refractivity contribution in [3.8, 4) is 0 Å². The number of amides is 1. The van der Waals surface area contributed by atoms with Crippen LogP contribution in [-0.2, 0) is 22.5 Å². The molecule has 0 radical (unpaired) electrons. The number of fused-ring (bicyclic) bond motifs is 1. The van der Waals surface area contributed by atoms with E-state index in [-0.39, 0.29) is 11.9 Å². The Hall–Kier alpha value is -3.41. The van der Waals surface area contributed by atoms with Gasteiger partial charge in [0, 0.05) is 48.6 Å². The van der Waals surface area contributed by atoms with Gasteiger partial charge in [0.25, 0.3) is 0 Å². The summed E-state index contributed by atoms with van der Waals surface area (Å²) in [5.41, 5.74) is 4.87. The molecule has 6 heteroatoms. The monoisotopic (exact) mass is 434 g/mol. The van der Waals surface area contributed by atoms with Crippen LogP contribution in [0.15, 0.2) is 66.6 Å². The topological polar surface area (TPSA) is 78.3 Å². The van der Waals surface area contributed by atoms with Crippen molar-refractivity contribution in [1.29, 1.82) is 5.41 Å². The fourth-order valence-corrected chi connectivity index (χ4v) is 3.76. The zero-order chi connectivity index (χ0) is 23.7. The van der Waals surface area contributed by atoms with Gasteiger partial charge in [-0.1, -0.05) is 30.9 Å². The molecule has 1 aromatic rings. The van der Waals surface area contributed by atoms with Gasteiger partial charge in [0.15, 0.2) is 0 Å². The Morgan fingerprint density at radius 3 is 2.78 bits per heavy atom. The maximum atomic E-state index is 11.7. The molecule has 1 unspecified atom stereocenters. The van der Waals surface area contributed by atoms with Crippen molar-refractivity contribution in [3.05, 3.63) is 83.5 Å². The van der Waals surface area contributed by atoms with E-state index in [0.717, 1.165) is 46.7 Å². The van der Waals surface area contributed by atoms with Crippen molar-refractivity contribution < 1.29 is 9.53 Å². The molecule has 0 fully saturated rings. The summed E-state index contributed by atoms with van der Waals surface area (Å²) in [6.45, 7) is 12.7. The van der Waals surface area contributed by atoms with E-state index in [1.807, 2.05) is 50.1 Å². The Kier molecular flexibility index (Phi) is 9.20. The lowest BCUT2D eigenvalue weighted by molar-refractivity contribution is -0.116. The Labute approximate surface area is 191 Å². The number of carbonyl (C=O) groups is 1. The minimum Gasteiger partial charge on any atom is -0.496 e. The first-order valence-corrected chi connectivity index (χ1v) is 10.8. The van der Waals surface area contributed by atoms with Gasteiger partial charge < -0.3 is 15.0 Å². The lowest BCUT2D eigenvalue weighted by Crippen LogP contribution is -2.37. The Morgan fingerprint density at radius 2 is 2.16 bits per heavy atom. The highest BCUT2D eigenvalue weighted by Crippen LogP contribution is 2.27. The van der Waals surface area contributed by atoms with Crippen LogP contribution in [0.25, 0.3) is 5.57 Å². The highest BCUT2D eigenvalue weighted by atomic mass is 16.5. The van der Waals surface area contributed by atoms with Crippen LogP contribution >= 0.6 is 0 Å². The average Bonchev–Trinajstić information content (AvgIpc) is 2.77. The molecule has 0 bridgehead atoms. The molecule has 32 heavy (non-hydrogen) atoms. The molecule has 2 N–H and O–H groups in total. The average molecular weight is 435 g/mol. The summed E-state index contributed by atoms with van der Waals surface area (Å²) >= 11 is 0. The van der Waals surface area contributed by atoms with Crippen molar-refractivity contribution in [3.63, 3.8) is 0 Å². The second kappa shape index (κ2) is 11.8. The van der Waals surface area contributed by atoms with Crippen molar-refractivity contribution in [1.82, 2.24) is 15.2 Å². The van der Waals surface area contributed by atoms with Crippen LogP contribution in [-0.4, -0.2) is 41.3 Å². The molecular formula is C26H34N4O2. The predicted molar refractivity (Wildman–Crippen MR) is 131 cm³/mol. The van der Waals surface area contributed by atoms with Crippen LogP contribution in [0.2, 0.25) is 0 Å². The molecule has 2 rings (SSSR count). The van der Waals surface area contributed by atoms with E-state index in [4.69, 9.17) is 10.1 Å². The van der Waals surface area contributed by atoms with Gasteiger partial charge in [-0.3, -0.25) is 15.2 Å². The van der Waals surface area contributed by atoms with Gasteiger partial charge >= 0.3 is 0 Å². The van der Waals surface area contributed by atoms with E-state index in [1.54, 1.807) is 26.2 Å². The molecular weight excluding hydrogens is 400 g/mol. The van der Waals surface area contributed by atoms with Gasteiger partial charge in [-0.25, -0.2) is 0 Å². The van der Waals surface area contributed by atoms with Gasteiger partial charge in [0.1, 0.15) is 11.6 Å². The van der Waals surface area contributed by atoms with E-state index >= 15 is 0 Å². The Balaban J connectivity index is 2.22. The van der Waals surface area contributed by atoms with Gasteiger partial charge in [0.2, 0.25) is 5.91 Å². The fourth-order valence-electron chi connectivity index (χ4n) is 3.76. The van der Waals surface area contributed by atoms with E-state index in [9.17, 15) is 4.79 Å².